The van der Waals surface area contributed by atoms with Crippen molar-refractivity contribution in [1.82, 2.24) is 5.32 Å². The van der Waals surface area contributed by atoms with E-state index in [2.05, 4.69) is 17.4 Å². The smallest absolute Gasteiger partial charge is 0.0914 e. The summed E-state index contributed by atoms with van der Waals surface area (Å²) in [6, 6.07) is 16.2. The van der Waals surface area contributed by atoms with Crippen molar-refractivity contribution in [2.24, 2.45) is 0 Å². The molecule has 0 amide bonds. The third kappa shape index (κ3) is 2.69. The number of nitrogen functional groups attached to an aromatic ring is 1. The fourth-order valence-electron chi connectivity index (χ4n) is 2.90. The molecule has 2 atom stereocenters. The van der Waals surface area contributed by atoms with Gasteiger partial charge in [-0.3, -0.25) is 0 Å². The molecular formula is C17H20N2O. The molecule has 0 aliphatic heterocycles. The van der Waals surface area contributed by atoms with Crippen molar-refractivity contribution in [2.45, 2.75) is 25.0 Å². The second-order valence-corrected chi connectivity index (χ2v) is 5.38. The van der Waals surface area contributed by atoms with Crippen molar-refractivity contribution in [3.8, 4) is 0 Å². The summed E-state index contributed by atoms with van der Waals surface area (Å²) in [4.78, 5) is 0. The number of rotatable bonds is 4. The lowest BCUT2D eigenvalue weighted by atomic mass is 10.1. The Morgan fingerprint density at radius 2 is 2.00 bits per heavy atom. The maximum absolute atomic E-state index is 10.2. The zero-order chi connectivity index (χ0) is 13.9. The van der Waals surface area contributed by atoms with E-state index in [0.717, 1.165) is 24.1 Å². The number of aliphatic hydroxyl groups is 1. The Bertz CT molecular complexity index is 583. The molecule has 0 aromatic heterocycles. The van der Waals surface area contributed by atoms with Gasteiger partial charge in [-0.25, -0.2) is 0 Å². The molecule has 2 unspecified atom stereocenters. The molecule has 0 saturated carbocycles. The molecule has 0 heterocycles. The molecule has 2 aromatic rings. The number of nitrogens with two attached hydrogens (primary N) is 1. The van der Waals surface area contributed by atoms with Crippen LogP contribution in [0.25, 0.3) is 0 Å². The van der Waals surface area contributed by atoms with Gasteiger partial charge in [0.2, 0.25) is 0 Å². The van der Waals surface area contributed by atoms with Crippen molar-refractivity contribution in [3.63, 3.8) is 0 Å². The van der Waals surface area contributed by atoms with E-state index in [9.17, 15) is 5.11 Å². The highest BCUT2D eigenvalue weighted by Gasteiger charge is 2.22. The first kappa shape index (κ1) is 13.2. The van der Waals surface area contributed by atoms with Crippen molar-refractivity contribution in [3.05, 3.63) is 65.2 Å². The molecule has 3 rings (SSSR count). The third-order valence-electron chi connectivity index (χ3n) is 3.99. The predicted molar refractivity (Wildman–Crippen MR) is 81.3 cm³/mol. The Hall–Kier alpha value is -1.84. The van der Waals surface area contributed by atoms with Crippen LogP contribution in [-0.2, 0) is 6.42 Å². The van der Waals surface area contributed by atoms with E-state index < -0.39 is 6.10 Å². The van der Waals surface area contributed by atoms with Crippen LogP contribution in [0.3, 0.4) is 0 Å². The van der Waals surface area contributed by atoms with Gasteiger partial charge < -0.3 is 16.2 Å². The van der Waals surface area contributed by atoms with E-state index in [-0.39, 0.29) is 0 Å². The largest absolute Gasteiger partial charge is 0.399 e. The predicted octanol–water partition coefficient (Wildman–Crippen LogP) is 2.58. The van der Waals surface area contributed by atoms with E-state index in [4.69, 9.17) is 5.73 Å². The summed E-state index contributed by atoms with van der Waals surface area (Å²) in [5.74, 6) is 0. The topological polar surface area (TPSA) is 58.3 Å². The van der Waals surface area contributed by atoms with Gasteiger partial charge in [-0.1, -0.05) is 36.4 Å². The summed E-state index contributed by atoms with van der Waals surface area (Å²) in [7, 11) is 0. The van der Waals surface area contributed by atoms with Crippen LogP contribution in [0, 0.1) is 0 Å². The maximum atomic E-state index is 10.2. The van der Waals surface area contributed by atoms with Gasteiger partial charge in [0.1, 0.15) is 0 Å². The lowest BCUT2D eigenvalue weighted by Gasteiger charge is -2.18. The van der Waals surface area contributed by atoms with Crippen LogP contribution >= 0.6 is 0 Å². The van der Waals surface area contributed by atoms with E-state index in [0.29, 0.717) is 12.6 Å². The summed E-state index contributed by atoms with van der Waals surface area (Å²) in [5, 5.41) is 13.7. The van der Waals surface area contributed by atoms with Gasteiger partial charge in [-0.15, -0.1) is 0 Å². The summed E-state index contributed by atoms with van der Waals surface area (Å²) in [6.45, 7) is 0.568. The molecule has 0 bridgehead atoms. The van der Waals surface area contributed by atoms with Gasteiger partial charge in [-0.2, -0.15) is 0 Å². The molecule has 20 heavy (non-hydrogen) atoms. The zero-order valence-electron chi connectivity index (χ0n) is 11.4. The lowest BCUT2D eigenvalue weighted by Crippen LogP contribution is -2.25. The maximum Gasteiger partial charge on any atom is 0.0914 e. The number of aryl methyl sites for hydroxylation is 1. The number of benzene rings is 2. The number of fused-ring (bicyclic) bond motifs is 1. The molecule has 1 aliphatic rings. The van der Waals surface area contributed by atoms with Crippen molar-refractivity contribution < 1.29 is 5.11 Å². The molecule has 1 aliphatic carbocycles. The van der Waals surface area contributed by atoms with E-state index in [1.807, 2.05) is 36.4 Å². The monoisotopic (exact) mass is 268 g/mol. The minimum absolute atomic E-state index is 0.323. The van der Waals surface area contributed by atoms with Gasteiger partial charge in [0.05, 0.1) is 6.10 Å². The van der Waals surface area contributed by atoms with Gasteiger partial charge in [0.25, 0.3) is 0 Å². The first-order valence-corrected chi connectivity index (χ1v) is 7.09. The molecule has 0 saturated heterocycles. The molecule has 2 aromatic carbocycles. The van der Waals surface area contributed by atoms with Gasteiger partial charge in [-0.05, 0) is 41.7 Å². The van der Waals surface area contributed by atoms with Crippen molar-refractivity contribution in [1.29, 1.82) is 0 Å². The van der Waals surface area contributed by atoms with E-state index in [1.165, 1.54) is 11.1 Å². The molecular weight excluding hydrogens is 248 g/mol. The zero-order valence-corrected chi connectivity index (χ0v) is 11.4. The molecule has 0 fully saturated rings. The van der Waals surface area contributed by atoms with Crippen LogP contribution in [0.15, 0.2) is 48.5 Å². The number of hydrogen-bond acceptors (Lipinski definition) is 3. The van der Waals surface area contributed by atoms with Crippen LogP contribution < -0.4 is 11.1 Å². The summed E-state index contributed by atoms with van der Waals surface area (Å²) >= 11 is 0. The van der Waals surface area contributed by atoms with Crippen molar-refractivity contribution in [2.75, 3.05) is 12.3 Å². The Labute approximate surface area is 119 Å². The molecule has 104 valence electrons. The lowest BCUT2D eigenvalue weighted by molar-refractivity contribution is 0.169. The molecule has 3 nitrogen and oxygen atoms in total. The fourth-order valence-corrected chi connectivity index (χ4v) is 2.90. The molecule has 0 radical (unpaired) electrons. The second kappa shape index (κ2) is 5.65. The minimum atomic E-state index is -0.464. The average molecular weight is 268 g/mol. The highest BCUT2D eigenvalue weighted by molar-refractivity contribution is 5.47. The normalized spacial score (nSPS) is 18.8. The second-order valence-electron chi connectivity index (χ2n) is 5.38. The summed E-state index contributed by atoms with van der Waals surface area (Å²) < 4.78 is 0. The third-order valence-corrected chi connectivity index (χ3v) is 3.99. The van der Waals surface area contributed by atoms with Crippen LogP contribution in [-0.4, -0.2) is 11.7 Å². The summed E-state index contributed by atoms with van der Waals surface area (Å²) in [6.07, 6.45) is 1.66. The quantitative estimate of drug-likeness (QED) is 0.747. The van der Waals surface area contributed by atoms with Crippen molar-refractivity contribution >= 4 is 5.69 Å². The fraction of sp³-hybridized carbons (Fsp3) is 0.294. The SMILES string of the molecule is Nc1ccc2c(c1)CCC2NCC(O)c1ccccc1. The van der Waals surface area contributed by atoms with Gasteiger partial charge >= 0.3 is 0 Å². The Morgan fingerprint density at radius 1 is 1.20 bits per heavy atom. The van der Waals surface area contributed by atoms with E-state index in [1.54, 1.807) is 0 Å². The first-order chi connectivity index (χ1) is 9.74. The Kier molecular flexibility index (Phi) is 3.72. The van der Waals surface area contributed by atoms with E-state index >= 15 is 0 Å². The highest BCUT2D eigenvalue weighted by atomic mass is 16.3. The van der Waals surface area contributed by atoms with Crippen LogP contribution in [0.5, 0.6) is 0 Å². The molecule has 3 heteroatoms. The van der Waals surface area contributed by atoms with Crippen LogP contribution in [0.4, 0.5) is 5.69 Å². The van der Waals surface area contributed by atoms with Crippen LogP contribution in [0.1, 0.15) is 35.3 Å². The van der Waals surface area contributed by atoms with Crippen LogP contribution in [0.2, 0.25) is 0 Å². The number of anilines is 1. The Balaban J connectivity index is 1.64. The molecule has 0 spiro atoms. The minimum Gasteiger partial charge on any atom is -0.399 e. The molecule has 4 N–H and O–H groups in total. The standard InChI is InChI=1S/C17H20N2O/c18-14-7-8-15-13(10-14)6-9-16(15)19-11-17(20)12-4-2-1-3-5-12/h1-5,7-8,10,16-17,19-20H,6,9,11,18H2. The average Bonchev–Trinajstić information content (AvgIpc) is 2.88. The summed E-state index contributed by atoms with van der Waals surface area (Å²) in [5.41, 5.74) is 10.2. The first-order valence-electron chi connectivity index (χ1n) is 7.09. The highest BCUT2D eigenvalue weighted by Crippen LogP contribution is 2.32. The number of aliphatic hydroxyl groups excluding tert-OH is 1. The number of hydrogen-bond donors (Lipinski definition) is 3. The van der Waals surface area contributed by atoms with Gasteiger partial charge in [0.15, 0.2) is 0 Å². The van der Waals surface area contributed by atoms with Gasteiger partial charge in [0, 0.05) is 18.3 Å². The Morgan fingerprint density at radius 3 is 2.80 bits per heavy atom. The number of nitrogens with one attached hydrogen (secondary N) is 1.